The van der Waals surface area contributed by atoms with Gasteiger partial charge in [0.05, 0.1) is 10.6 Å². The first-order valence-corrected chi connectivity index (χ1v) is 10.6. The number of thiophene rings is 1. The summed E-state index contributed by atoms with van der Waals surface area (Å²) in [6.45, 7) is 2.36. The predicted octanol–water partition coefficient (Wildman–Crippen LogP) is 2.56. The van der Waals surface area contributed by atoms with Gasteiger partial charge >= 0.3 is 0 Å². The van der Waals surface area contributed by atoms with Gasteiger partial charge in [0.25, 0.3) is 15.9 Å². The fourth-order valence-electron chi connectivity index (χ4n) is 2.97. The minimum absolute atomic E-state index is 0.103. The van der Waals surface area contributed by atoms with Gasteiger partial charge in [0, 0.05) is 19.2 Å². The Morgan fingerprint density at radius 2 is 1.77 bits per heavy atom. The van der Waals surface area contributed by atoms with E-state index >= 15 is 0 Å². The summed E-state index contributed by atoms with van der Waals surface area (Å²) >= 11 is 0.985. The lowest BCUT2D eigenvalue weighted by atomic mass is 10.3. The molecular weight excluding hydrogens is 376 g/mol. The van der Waals surface area contributed by atoms with Crippen LogP contribution in [0.4, 0.5) is 5.69 Å². The van der Waals surface area contributed by atoms with Crippen molar-refractivity contribution in [3.63, 3.8) is 0 Å². The highest BCUT2D eigenvalue weighted by Gasteiger charge is 2.24. The maximum atomic E-state index is 12.6. The maximum Gasteiger partial charge on any atom is 0.271 e. The quantitative estimate of drug-likeness (QED) is 0.861. The number of anilines is 1. The van der Waals surface area contributed by atoms with E-state index in [9.17, 15) is 13.2 Å². The molecule has 2 aromatic rings. The van der Waals surface area contributed by atoms with Gasteiger partial charge in [-0.15, -0.1) is 11.3 Å². The minimum Gasteiger partial charge on any atom is -0.486 e. The van der Waals surface area contributed by atoms with Gasteiger partial charge < -0.3 is 14.4 Å². The summed E-state index contributed by atoms with van der Waals surface area (Å²) in [7, 11) is -3.77. The van der Waals surface area contributed by atoms with Crippen LogP contribution in [0.25, 0.3) is 0 Å². The molecule has 0 spiro atoms. The molecule has 0 aliphatic carbocycles. The van der Waals surface area contributed by atoms with Crippen LogP contribution in [-0.4, -0.2) is 45.5 Å². The molecule has 4 rings (SSSR count). The van der Waals surface area contributed by atoms with Crippen molar-refractivity contribution in [1.82, 2.24) is 4.90 Å². The molecule has 7 nitrogen and oxygen atoms in total. The Kier molecular flexibility index (Phi) is 4.49. The lowest BCUT2D eigenvalue weighted by Crippen LogP contribution is -2.26. The van der Waals surface area contributed by atoms with E-state index in [0.717, 1.165) is 37.3 Å². The van der Waals surface area contributed by atoms with Gasteiger partial charge in [0.1, 0.15) is 17.4 Å². The van der Waals surface area contributed by atoms with Crippen molar-refractivity contribution in [2.75, 3.05) is 31.0 Å². The first kappa shape index (κ1) is 17.2. The number of rotatable bonds is 4. The Hall–Kier alpha value is -2.26. The number of carbonyl (C=O) groups excluding carboxylic acids is 1. The minimum atomic E-state index is -3.77. The molecule has 0 bridgehead atoms. The van der Waals surface area contributed by atoms with Crippen LogP contribution in [0, 0.1) is 0 Å². The zero-order valence-electron chi connectivity index (χ0n) is 13.9. The molecule has 0 atom stereocenters. The number of hydrogen-bond donors (Lipinski definition) is 1. The van der Waals surface area contributed by atoms with E-state index in [4.69, 9.17) is 9.47 Å². The molecule has 1 aromatic carbocycles. The van der Waals surface area contributed by atoms with Crippen molar-refractivity contribution in [2.45, 2.75) is 17.1 Å². The third-order valence-corrected chi connectivity index (χ3v) is 7.19. The SMILES string of the molecule is O=C(c1ccc(S(=O)(=O)Nc2ccc3c(c2)OCCO3)s1)N1CCCC1. The molecule has 1 aromatic heterocycles. The average molecular weight is 394 g/mol. The van der Waals surface area contributed by atoms with Crippen LogP contribution in [0.2, 0.25) is 0 Å². The highest BCUT2D eigenvalue weighted by Crippen LogP contribution is 2.34. The predicted molar refractivity (Wildman–Crippen MR) is 97.7 cm³/mol. The Morgan fingerprint density at radius 1 is 1.04 bits per heavy atom. The van der Waals surface area contributed by atoms with E-state index in [1.54, 1.807) is 29.2 Å². The van der Waals surface area contributed by atoms with E-state index in [1.165, 1.54) is 6.07 Å². The van der Waals surface area contributed by atoms with Crippen molar-refractivity contribution in [1.29, 1.82) is 0 Å². The number of benzene rings is 1. The summed E-state index contributed by atoms with van der Waals surface area (Å²) in [5.74, 6) is 0.995. The summed E-state index contributed by atoms with van der Waals surface area (Å²) in [5.41, 5.74) is 0.384. The number of carbonyl (C=O) groups is 1. The van der Waals surface area contributed by atoms with E-state index in [-0.39, 0.29) is 10.1 Å². The molecule has 26 heavy (non-hydrogen) atoms. The smallest absolute Gasteiger partial charge is 0.271 e. The lowest BCUT2D eigenvalue weighted by molar-refractivity contribution is 0.0797. The van der Waals surface area contributed by atoms with Gasteiger partial charge in [-0.2, -0.15) is 0 Å². The molecule has 0 radical (unpaired) electrons. The van der Waals surface area contributed by atoms with Gasteiger partial charge in [0.2, 0.25) is 0 Å². The fraction of sp³-hybridized carbons (Fsp3) is 0.353. The Labute approximate surface area is 155 Å². The molecule has 3 heterocycles. The van der Waals surface area contributed by atoms with Gasteiger partial charge in [-0.05, 0) is 37.1 Å². The summed E-state index contributed by atoms with van der Waals surface area (Å²) < 4.78 is 38.8. The zero-order chi connectivity index (χ0) is 18.1. The van der Waals surface area contributed by atoms with Crippen LogP contribution < -0.4 is 14.2 Å². The largest absolute Gasteiger partial charge is 0.486 e. The molecule has 2 aliphatic rings. The van der Waals surface area contributed by atoms with Gasteiger partial charge in [-0.3, -0.25) is 9.52 Å². The standard InChI is InChI=1S/C17H18N2O5S2/c20-17(19-7-1-2-8-19)15-5-6-16(25-15)26(21,22)18-12-3-4-13-14(11-12)24-10-9-23-13/h3-6,11,18H,1-2,7-10H2. The number of fused-ring (bicyclic) bond motifs is 1. The summed E-state index contributed by atoms with van der Waals surface area (Å²) in [4.78, 5) is 14.6. The number of likely N-dealkylation sites (tertiary alicyclic amines) is 1. The summed E-state index contributed by atoms with van der Waals surface area (Å²) in [6.07, 6.45) is 1.99. The second-order valence-corrected chi connectivity index (χ2v) is 9.07. The molecule has 1 amide bonds. The van der Waals surface area contributed by atoms with E-state index in [0.29, 0.717) is 35.3 Å². The third-order valence-electron chi connectivity index (χ3n) is 4.24. The highest BCUT2D eigenvalue weighted by molar-refractivity contribution is 7.94. The highest BCUT2D eigenvalue weighted by atomic mass is 32.2. The topological polar surface area (TPSA) is 84.9 Å². The molecular formula is C17H18N2O5S2. The molecule has 0 saturated carbocycles. The number of nitrogens with one attached hydrogen (secondary N) is 1. The Bertz CT molecular complexity index is 932. The second-order valence-electron chi connectivity index (χ2n) is 6.08. The van der Waals surface area contributed by atoms with Crippen molar-refractivity contribution in [3.05, 3.63) is 35.2 Å². The van der Waals surface area contributed by atoms with Crippen LogP contribution >= 0.6 is 11.3 Å². The number of ether oxygens (including phenoxy) is 2. The van der Waals surface area contributed by atoms with Crippen molar-refractivity contribution in [3.8, 4) is 11.5 Å². The first-order valence-electron chi connectivity index (χ1n) is 8.34. The van der Waals surface area contributed by atoms with Gasteiger partial charge in [-0.1, -0.05) is 0 Å². The van der Waals surface area contributed by atoms with Crippen LogP contribution in [0.3, 0.4) is 0 Å². The molecule has 0 unspecified atom stereocenters. The van der Waals surface area contributed by atoms with Crippen LogP contribution in [-0.2, 0) is 10.0 Å². The molecule has 1 saturated heterocycles. The Balaban J connectivity index is 1.52. The van der Waals surface area contributed by atoms with Crippen LogP contribution in [0.15, 0.2) is 34.5 Å². The lowest BCUT2D eigenvalue weighted by Gasteiger charge is -2.19. The van der Waals surface area contributed by atoms with E-state index < -0.39 is 10.0 Å². The van der Waals surface area contributed by atoms with Crippen molar-refractivity contribution in [2.24, 2.45) is 0 Å². The second kappa shape index (κ2) is 6.81. The van der Waals surface area contributed by atoms with Crippen LogP contribution in [0.1, 0.15) is 22.5 Å². The molecule has 2 aliphatic heterocycles. The van der Waals surface area contributed by atoms with Gasteiger partial charge in [0.15, 0.2) is 11.5 Å². The number of hydrogen-bond acceptors (Lipinski definition) is 6. The van der Waals surface area contributed by atoms with Crippen LogP contribution in [0.5, 0.6) is 11.5 Å². The third kappa shape index (κ3) is 3.36. The van der Waals surface area contributed by atoms with E-state index in [1.807, 2.05) is 0 Å². The average Bonchev–Trinajstić information content (AvgIpc) is 3.33. The molecule has 1 N–H and O–H groups in total. The normalized spacial score (nSPS) is 16.5. The number of sulfonamides is 1. The fourth-order valence-corrected chi connectivity index (χ4v) is 5.29. The summed E-state index contributed by atoms with van der Waals surface area (Å²) in [6, 6.07) is 7.92. The Morgan fingerprint density at radius 3 is 2.54 bits per heavy atom. The molecule has 1 fully saturated rings. The monoisotopic (exact) mass is 394 g/mol. The summed E-state index contributed by atoms with van der Waals surface area (Å²) in [5, 5.41) is 0. The molecule has 138 valence electrons. The number of nitrogens with zero attached hydrogens (tertiary/aromatic N) is 1. The van der Waals surface area contributed by atoms with E-state index in [2.05, 4.69) is 4.72 Å². The zero-order valence-corrected chi connectivity index (χ0v) is 15.6. The first-order chi connectivity index (χ1) is 12.5. The van der Waals surface area contributed by atoms with Crippen molar-refractivity contribution < 1.29 is 22.7 Å². The van der Waals surface area contributed by atoms with Gasteiger partial charge in [-0.25, -0.2) is 8.42 Å². The number of amides is 1. The molecule has 9 heteroatoms. The maximum absolute atomic E-state index is 12.6. The van der Waals surface area contributed by atoms with Crippen molar-refractivity contribution >= 4 is 33.0 Å².